The van der Waals surface area contributed by atoms with Crippen LogP contribution in [0.5, 0.6) is 0 Å². The highest BCUT2D eigenvalue weighted by molar-refractivity contribution is 6.09. The summed E-state index contributed by atoms with van der Waals surface area (Å²) in [6.07, 6.45) is 7.19. The van der Waals surface area contributed by atoms with Gasteiger partial charge in [-0.2, -0.15) is 0 Å². The highest BCUT2D eigenvalue weighted by Gasteiger charge is 2.04. The van der Waals surface area contributed by atoms with Crippen LogP contribution in [0.1, 0.15) is 0 Å². The van der Waals surface area contributed by atoms with Crippen molar-refractivity contribution >= 4 is 5.71 Å². The highest BCUT2D eigenvalue weighted by Crippen LogP contribution is 2.05. The molecule has 56 valence electrons. The van der Waals surface area contributed by atoms with Crippen LogP contribution in [-0.2, 0) is 0 Å². The van der Waals surface area contributed by atoms with Crippen LogP contribution in [0.2, 0.25) is 0 Å². The average molecular weight is 150 g/mol. The molecule has 0 spiro atoms. The van der Waals surface area contributed by atoms with Gasteiger partial charge in [0.05, 0.1) is 16.2 Å². The number of nitrogens with one attached hydrogen (secondary N) is 1. The molecule has 0 unspecified atom stereocenters. The summed E-state index contributed by atoms with van der Waals surface area (Å²) >= 11 is 0. The van der Waals surface area contributed by atoms with Crippen molar-refractivity contribution in [2.45, 2.75) is 0 Å². The standard InChI is InChI=1S/C7H6N2O2/c8-7-4-2-1-3-6(7)5-9(10)11/h1-5,8H/b6-5-,8-7?. The van der Waals surface area contributed by atoms with Gasteiger partial charge < -0.3 is 5.41 Å². The summed E-state index contributed by atoms with van der Waals surface area (Å²) in [5.74, 6) is 0. The third kappa shape index (κ3) is 1.86. The molecule has 4 heteroatoms. The van der Waals surface area contributed by atoms with Crippen LogP contribution in [0.4, 0.5) is 0 Å². The number of allylic oxidation sites excluding steroid dienone is 5. The Morgan fingerprint density at radius 1 is 1.45 bits per heavy atom. The van der Waals surface area contributed by atoms with Crippen molar-refractivity contribution in [1.29, 1.82) is 5.41 Å². The zero-order valence-electron chi connectivity index (χ0n) is 5.65. The molecule has 0 aromatic heterocycles. The van der Waals surface area contributed by atoms with Gasteiger partial charge in [0.15, 0.2) is 0 Å². The molecule has 0 saturated carbocycles. The van der Waals surface area contributed by atoms with E-state index in [4.69, 9.17) is 5.41 Å². The molecule has 0 aromatic carbocycles. The van der Waals surface area contributed by atoms with E-state index in [0.29, 0.717) is 5.57 Å². The topological polar surface area (TPSA) is 67.0 Å². The zero-order valence-corrected chi connectivity index (χ0v) is 5.65. The predicted molar refractivity (Wildman–Crippen MR) is 41.1 cm³/mol. The Labute approximate surface area is 63.2 Å². The fourth-order valence-corrected chi connectivity index (χ4v) is 0.723. The van der Waals surface area contributed by atoms with Crippen LogP contribution in [0.3, 0.4) is 0 Å². The minimum atomic E-state index is -0.562. The molecule has 0 aromatic rings. The van der Waals surface area contributed by atoms with Gasteiger partial charge in [0, 0.05) is 0 Å². The molecular formula is C7H6N2O2. The summed E-state index contributed by atoms with van der Waals surface area (Å²) in [6.45, 7) is 0. The van der Waals surface area contributed by atoms with Crippen molar-refractivity contribution in [3.8, 4) is 0 Å². The lowest BCUT2D eigenvalue weighted by Crippen LogP contribution is -2.00. The number of nitro groups is 1. The molecule has 1 N–H and O–H groups in total. The molecule has 0 bridgehead atoms. The Morgan fingerprint density at radius 3 is 2.64 bits per heavy atom. The van der Waals surface area contributed by atoms with Gasteiger partial charge in [0.2, 0.25) is 6.20 Å². The Balaban J connectivity index is 2.90. The van der Waals surface area contributed by atoms with E-state index in [1.165, 1.54) is 12.2 Å². The second-order valence-electron chi connectivity index (χ2n) is 2.00. The molecule has 1 aliphatic carbocycles. The van der Waals surface area contributed by atoms with Gasteiger partial charge in [-0.1, -0.05) is 12.2 Å². The van der Waals surface area contributed by atoms with Crippen molar-refractivity contribution in [3.05, 3.63) is 46.2 Å². The quantitative estimate of drug-likeness (QED) is 0.452. The lowest BCUT2D eigenvalue weighted by Gasteiger charge is -1.98. The summed E-state index contributed by atoms with van der Waals surface area (Å²) in [5, 5.41) is 17.2. The smallest absolute Gasteiger partial charge is 0.243 e. The maximum atomic E-state index is 9.99. The zero-order chi connectivity index (χ0) is 8.27. The lowest BCUT2D eigenvalue weighted by atomic mass is 10.1. The first-order chi connectivity index (χ1) is 5.20. The van der Waals surface area contributed by atoms with E-state index in [1.54, 1.807) is 12.2 Å². The first-order valence-corrected chi connectivity index (χ1v) is 2.99. The van der Waals surface area contributed by atoms with Crippen LogP contribution in [0.15, 0.2) is 36.1 Å². The SMILES string of the molecule is N=C1C=CC=C/C1=C/[N+](=O)[O-]. The monoisotopic (exact) mass is 150 g/mol. The van der Waals surface area contributed by atoms with Gasteiger partial charge in [0.25, 0.3) is 0 Å². The van der Waals surface area contributed by atoms with Crippen molar-refractivity contribution in [2.75, 3.05) is 0 Å². The van der Waals surface area contributed by atoms with Crippen LogP contribution in [0.25, 0.3) is 0 Å². The maximum Gasteiger partial charge on any atom is 0.243 e. The maximum absolute atomic E-state index is 9.99. The third-order valence-corrected chi connectivity index (χ3v) is 1.21. The molecule has 1 rings (SSSR count). The summed E-state index contributed by atoms with van der Waals surface area (Å²) < 4.78 is 0. The molecule has 0 aliphatic heterocycles. The Hall–Kier alpha value is -1.71. The van der Waals surface area contributed by atoms with Crippen molar-refractivity contribution in [2.24, 2.45) is 0 Å². The van der Waals surface area contributed by atoms with Crippen LogP contribution < -0.4 is 0 Å². The molecule has 11 heavy (non-hydrogen) atoms. The van der Waals surface area contributed by atoms with Gasteiger partial charge in [-0.05, 0) is 12.2 Å². The number of hydrogen-bond donors (Lipinski definition) is 1. The fourth-order valence-electron chi connectivity index (χ4n) is 0.723. The van der Waals surface area contributed by atoms with Gasteiger partial charge in [-0.25, -0.2) is 0 Å². The molecule has 0 atom stereocenters. The second-order valence-corrected chi connectivity index (χ2v) is 2.00. The van der Waals surface area contributed by atoms with Crippen molar-refractivity contribution in [3.63, 3.8) is 0 Å². The van der Waals surface area contributed by atoms with E-state index >= 15 is 0 Å². The van der Waals surface area contributed by atoms with E-state index in [2.05, 4.69) is 0 Å². The van der Waals surface area contributed by atoms with E-state index in [9.17, 15) is 10.1 Å². The summed E-state index contributed by atoms with van der Waals surface area (Å²) in [6, 6.07) is 0. The summed E-state index contributed by atoms with van der Waals surface area (Å²) in [5.41, 5.74) is 0.502. The molecule has 4 nitrogen and oxygen atoms in total. The van der Waals surface area contributed by atoms with Crippen molar-refractivity contribution in [1.82, 2.24) is 0 Å². The Bertz CT molecular complexity index is 287. The number of nitrogens with zero attached hydrogens (tertiary/aromatic N) is 1. The second kappa shape index (κ2) is 2.92. The van der Waals surface area contributed by atoms with Gasteiger partial charge >= 0.3 is 0 Å². The average Bonchev–Trinajstić information content (AvgIpc) is 1.93. The van der Waals surface area contributed by atoms with Gasteiger partial charge in [-0.3, -0.25) is 10.1 Å². The summed E-state index contributed by atoms with van der Waals surface area (Å²) in [4.78, 5) is 9.43. The molecule has 1 aliphatic rings. The minimum absolute atomic E-state index is 0.171. The minimum Gasteiger partial charge on any atom is -0.300 e. The molecule has 0 radical (unpaired) electrons. The molecule has 0 heterocycles. The first kappa shape index (κ1) is 7.40. The van der Waals surface area contributed by atoms with Crippen molar-refractivity contribution < 1.29 is 4.92 Å². The van der Waals surface area contributed by atoms with Gasteiger partial charge in [-0.15, -0.1) is 0 Å². The van der Waals surface area contributed by atoms with Crippen LogP contribution >= 0.6 is 0 Å². The largest absolute Gasteiger partial charge is 0.300 e. The fraction of sp³-hybridized carbons (Fsp3) is 0. The van der Waals surface area contributed by atoms with E-state index in [1.807, 2.05) is 0 Å². The van der Waals surface area contributed by atoms with Crippen LogP contribution in [0, 0.1) is 15.5 Å². The Morgan fingerprint density at radius 2 is 2.09 bits per heavy atom. The molecule has 0 fully saturated rings. The Kier molecular flexibility index (Phi) is 1.96. The molecular weight excluding hydrogens is 144 g/mol. The summed E-state index contributed by atoms with van der Waals surface area (Å²) in [7, 11) is 0. The predicted octanol–water partition coefficient (Wildman–Crippen LogP) is 1.29. The highest BCUT2D eigenvalue weighted by atomic mass is 16.6. The normalized spacial score (nSPS) is 19.3. The molecule has 0 amide bonds. The number of hydrogen-bond acceptors (Lipinski definition) is 3. The lowest BCUT2D eigenvalue weighted by molar-refractivity contribution is -0.402. The molecule has 0 saturated heterocycles. The first-order valence-electron chi connectivity index (χ1n) is 2.99. The van der Waals surface area contributed by atoms with Gasteiger partial charge in [0.1, 0.15) is 0 Å². The third-order valence-electron chi connectivity index (χ3n) is 1.21. The van der Waals surface area contributed by atoms with Crippen LogP contribution in [-0.4, -0.2) is 10.6 Å². The number of rotatable bonds is 1. The van der Waals surface area contributed by atoms with E-state index in [-0.39, 0.29) is 5.71 Å². The van der Waals surface area contributed by atoms with E-state index in [0.717, 1.165) is 6.20 Å². The van der Waals surface area contributed by atoms with E-state index < -0.39 is 4.92 Å².